The summed E-state index contributed by atoms with van der Waals surface area (Å²) in [5.41, 5.74) is 10.0. The highest BCUT2D eigenvalue weighted by molar-refractivity contribution is 5.69. The third-order valence-electron chi connectivity index (χ3n) is 4.10. The maximum Gasteiger partial charge on any atom is 0.203 e. The molecule has 0 aliphatic heterocycles. The summed E-state index contributed by atoms with van der Waals surface area (Å²) in [7, 11) is 6.45. The monoisotopic (exact) mass is 369 g/mol. The van der Waals surface area contributed by atoms with Gasteiger partial charge in [0.15, 0.2) is 11.5 Å². The molecule has 0 heterocycles. The lowest BCUT2D eigenvalue weighted by atomic mass is 10.0. The van der Waals surface area contributed by atoms with Crippen LogP contribution in [0.3, 0.4) is 0 Å². The first-order valence-corrected chi connectivity index (χ1v) is 8.62. The lowest BCUT2D eigenvalue weighted by Gasteiger charge is -2.14. The Bertz CT molecular complexity index is 772. The van der Waals surface area contributed by atoms with E-state index >= 15 is 0 Å². The van der Waals surface area contributed by atoms with E-state index in [2.05, 4.69) is 6.08 Å². The summed E-state index contributed by atoms with van der Waals surface area (Å²) in [5, 5.41) is 0. The van der Waals surface area contributed by atoms with Crippen molar-refractivity contribution in [2.45, 2.75) is 0 Å². The van der Waals surface area contributed by atoms with Crippen molar-refractivity contribution in [2.75, 3.05) is 41.6 Å². The van der Waals surface area contributed by atoms with E-state index in [1.165, 1.54) is 0 Å². The second-order valence-electron chi connectivity index (χ2n) is 5.85. The topological polar surface area (TPSA) is 62.9 Å². The molecule has 2 aromatic carbocycles. The van der Waals surface area contributed by atoms with Gasteiger partial charge in [-0.1, -0.05) is 30.3 Å². The highest BCUT2D eigenvalue weighted by Gasteiger charge is 2.13. The molecular formula is C22H27NO4. The van der Waals surface area contributed by atoms with Crippen LogP contribution in [0, 0.1) is 0 Å². The summed E-state index contributed by atoms with van der Waals surface area (Å²) in [6, 6.07) is 13.9. The molecule has 0 aliphatic rings. The number of hydrogen-bond donors (Lipinski definition) is 1. The molecule has 0 spiro atoms. The Labute approximate surface area is 161 Å². The Hall–Kier alpha value is -2.76. The molecule has 0 atom stereocenters. The molecule has 144 valence electrons. The first-order chi connectivity index (χ1) is 13.2. The summed E-state index contributed by atoms with van der Waals surface area (Å²) in [5.74, 6) is 1.75. The Kier molecular flexibility index (Phi) is 7.92. The maximum atomic E-state index is 6.05. The van der Waals surface area contributed by atoms with Gasteiger partial charge < -0.3 is 24.7 Å². The smallest absolute Gasteiger partial charge is 0.203 e. The molecule has 2 N–H and O–H groups in total. The van der Waals surface area contributed by atoms with Crippen LogP contribution in [0.2, 0.25) is 0 Å². The summed E-state index contributed by atoms with van der Waals surface area (Å²) in [6.45, 7) is 0.834. The fourth-order valence-electron chi connectivity index (χ4n) is 2.80. The Morgan fingerprint density at radius 2 is 1.41 bits per heavy atom. The minimum absolute atomic E-state index is 0.374. The van der Waals surface area contributed by atoms with Gasteiger partial charge in [-0.3, -0.25) is 0 Å². The van der Waals surface area contributed by atoms with Crippen LogP contribution in [0.1, 0.15) is 11.1 Å². The second-order valence-corrected chi connectivity index (χ2v) is 5.85. The summed E-state index contributed by atoms with van der Waals surface area (Å²) in [6.07, 6.45) is 4.10. The lowest BCUT2D eigenvalue weighted by molar-refractivity contribution is 0.228. The van der Waals surface area contributed by atoms with Crippen LogP contribution in [-0.4, -0.2) is 41.6 Å². The lowest BCUT2D eigenvalue weighted by Crippen LogP contribution is -2.09. The summed E-state index contributed by atoms with van der Waals surface area (Å²) >= 11 is 0. The molecule has 0 saturated heterocycles. The minimum Gasteiger partial charge on any atom is -0.493 e. The van der Waals surface area contributed by atoms with Crippen molar-refractivity contribution >= 4 is 12.2 Å². The van der Waals surface area contributed by atoms with Crippen LogP contribution >= 0.6 is 0 Å². The van der Waals surface area contributed by atoms with Crippen molar-refractivity contribution in [3.63, 3.8) is 0 Å². The molecule has 0 amide bonds. The van der Waals surface area contributed by atoms with Gasteiger partial charge in [0, 0.05) is 13.7 Å². The Morgan fingerprint density at radius 1 is 0.815 bits per heavy atom. The van der Waals surface area contributed by atoms with Crippen LogP contribution in [-0.2, 0) is 4.74 Å². The standard InChI is InChI=1S/C22H27NO4/c1-24-15-19(10-16-8-6-5-7-9-16)18(14-23)11-17-12-20(25-2)22(27-4)21(13-17)26-3/h5-13H,14-15,23H2,1-4H3/b18-11-,19-10-. The number of rotatable bonds is 9. The molecule has 0 aromatic heterocycles. The number of methoxy groups -OCH3 is 4. The van der Waals surface area contributed by atoms with Crippen molar-refractivity contribution in [3.8, 4) is 17.2 Å². The van der Waals surface area contributed by atoms with Crippen LogP contribution in [0.15, 0.2) is 53.6 Å². The van der Waals surface area contributed by atoms with Crippen LogP contribution in [0.4, 0.5) is 0 Å². The van der Waals surface area contributed by atoms with Crippen molar-refractivity contribution < 1.29 is 18.9 Å². The van der Waals surface area contributed by atoms with Crippen molar-refractivity contribution in [1.29, 1.82) is 0 Å². The average molecular weight is 369 g/mol. The van der Waals surface area contributed by atoms with Crippen molar-refractivity contribution in [1.82, 2.24) is 0 Å². The number of nitrogens with two attached hydrogens (primary N) is 1. The zero-order valence-corrected chi connectivity index (χ0v) is 16.3. The predicted octanol–water partition coefficient (Wildman–Crippen LogP) is 3.78. The number of benzene rings is 2. The molecule has 2 rings (SSSR count). The van der Waals surface area contributed by atoms with Crippen molar-refractivity contribution in [3.05, 3.63) is 64.7 Å². The summed E-state index contributed by atoms with van der Waals surface area (Å²) in [4.78, 5) is 0. The van der Waals surface area contributed by atoms with Gasteiger partial charge in [0.2, 0.25) is 5.75 Å². The van der Waals surface area contributed by atoms with Gasteiger partial charge in [0.25, 0.3) is 0 Å². The van der Waals surface area contributed by atoms with Crippen LogP contribution in [0.5, 0.6) is 17.2 Å². The van der Waals surface area contributed by atoms with Crippen LogP contribution < -0.4 is 19.9 Å². The third kappa shape index (κ3) is 5.36. The number of ether oxygens (including phenoxy) is 4. The zero-order chi connectivity index (χ0) is 19.6. The van der Waals surface area contributed by atoms with Gasteiger partial charge in [0.1, 0.15) is 0 Å². The normalized spacial score (nSPS) is 12.0. The summed E-state index contributed by atoms with van der Waals surface area (Å²) < 4.78 is 21.6. The molecule has 0 radical (unpaired) electrons. The second kappa shape index (κ2) is 10.4. The van der Waals surface area contributed by atoms with Crippen LogP contribution in [0.25, 0.3) is 12.2 Å². The third-order valence-corrected chi connectivity index (χ3v) is 4.10. The maximum absolute atomic E-state index is 6.05. The molecule has 0 fully saturated rings. The van der Waals surface area contributed by atoms with Gasteiger partial charge in [-0.2, -0.15) is 0 Å². The molecule has 5 heteroatoms. The minimum atomic E-state index is 0.374. The van der Waals surface area contributed by atoms with E-state index in [-0.39, 0.29) is 0 Å². The van der Waals surface area contributed by atoms with Gasteiger partial charge in [0.05, 0.1) is 27.9 Å². The molecule has 0 bridgehead atoms. The van der Waals surface area contributed by atoms with E-state index in [0.717, 1.165) is 22.3 Å². The van der Waals surface area contributed by atoms with Gasteiger partial charge in [-0.15, -0.1) is 0 Å². The fraction of sp³-hybridized carbons (Fsp3) is 0.273. The average Bonchev–Trinajstić information content (AvgIpc) is 2.71. The zero-order valence-electron chi connectivity index (χ0n) is 16.3. The number of hydrogen-bond acceptors (Lipinski definition) is 5. The molecule has 27 heavy (non-hydrogen) atoms. The first kappa shape index (κ1) is 20.6. The van der Waals surface area contributed by atoms with Gasteiger partial charge in [-0.25, -0.2) is 0 Å². The fourth-order valence-corrected chi connectivity index (χ4v) is 2.80. The largest absolute Gasteiger partial charge is 0.493 e. The van der Waals surface area contributed by atoms with E-state index in [0.29, 0.717) is 30.4 Å². The highest BCUT2D eigenvalue weighted by Crippen LogP contribution is 2.39. The SMILES string of the molecule is COCC(=C/c1ccccc1)/C(=C\c1cc(OC)c(OC)c(OC)c1)CN. The van der Waals surface area contributed by atoms with Crippen molar-refractivity contribution in [2.24, 2.45) is 5.73 Å². The highest BCUT2D eigenvalue weighted by atomic mass is 16.5. The molecule has 2 aromatic rings. The van der Waals surface area contributed by atoms with Gasteiger partial charge in [-0.05, 0) is 46.6 Å². The Balaban J connectivity index is 2.50. The molecular weight excluding hydrogens is 342 g/mol. The molecule has 5 nitrogen and oxygen atoms in total. The first-order valence-electron chi connectivity index (χ1n) is 8.62. The molecule has 0 saturated carbocycles. The molecule has 0 unspecified atom stereocenters. The van der Waals surface area contributed by atoms with Gasteiger partial charge >= 0.3 is 0 Å². The van der Waals surface area contributed by atoms with E-state index in [1.54, 1.807) is 28.4 Å². The Morgan fingerprint density at radius 3 is 1.89 bits per heavy atom. The predicted molar refractivity (Wildman–Crippen MR) is 109 cm³/mol. The van der Waals surface area contributed by atoms with E-state index < -0.39 is 0 Å². The molecule has 0 aliphatic carbocycles. The quantitative estimate of drug-likeness (QED) is 0.682. The van der Waals surface area contributed by atoms with E-state index in [4.69, 9.17) is 24.7 Å². The van der Waals surface area contributed by atoms with E-state index in [1.807, 2.05) is 48.5 Å². The van der Waals surface area contributed by atoms with E-state index in [9.17, 15) is 0 Å².